The molecule has 0 saturated heterocycles. The Morgan fingerprint density at radius 1 is 1.47 bits per heavy atom. The molecule has 1 saturated carbocycles. The van der Waals surface area contributed by atoms with Gasteiger partial charge in [0, 0.05) is 13.1 Å². The van der Waals surface area contributed by atoms with Gasteiger partial charge in [-0.3, -0.25) is 0 Å². The highest BCUT2D eigenvalue weighted by Gasteiger charge is 2.36. The Hall–Kier alpha value is -0.600. The van der Waals surface area contributed by atoms with E-state index in [1.807, 2.05) is 0 Å². The molecule has 1 aliphatic carbocycles. The normalized spacial score (nSPS) is 17.8. The first kappa shape index (κ1) is 10.9. The summed E-state index contributed by atoms with van der Waals surface area (Å²) < 4.78 is 12.9. The van der Waals surface area contributed by atoms with Crippen LogP contribution in [0.2, 0.25) is 5.02 Å². The minimum absolute atomic E-state index is 0.201. The Morgan fingerprint density at radius 2 is 2.20 bits per heavy atom. The molecule has 15 heavy (non-hydrogen) atoms. The van der Waals surface area contributed by atoms with Crippen molar-refractivity contribution in [1.29, 1.82) is 0 Å². The lowest BCUT2D eigenvalue weighted by atomic mass is 10.1. The molecule has 0 bridgehead atoms. The first-order valence-electron chi connectivity index (χ1n) is 5.24. The molecule has 0 aromatic heterocycles. The van der Waals surface area contributed by atoms with Gasteiger partial charge in [0.05, 0.1) is 5.02 Å². The maximum atomic E-state index is 12.9. The standard InChI is InChI=1S/C12H15ClFN/c1-12(4-5-12)8-15-7-9-2-3-11(14)10(13)6-9/h2-3,6,15H,4-5,7-8H2,1H3. The molecule has 0 unspecified atom stereocenters. The molecule has 0 aliphatic heterocycles. The van der Waals surface area contributed by atoms with Crippen LogP contribution in [0.25, 0.3) is 0 Å². The van der Waals surface area contributed by atoms with E-state index in [1.54, 1.807) is 12.1 Å². The summed E-state index contributed by atoms with van der Waals surface area (Å²) in [6.07, 6.45) is 2.62. The van der Waals surface area contributed by atoms with Crippen molar-refractivity contribution in [3.8, 4) is 0 Å². The van der Waals surface area contributed by atoms with Crippen LogP contribution in [-0.2, 0) is 6.54 Å². The fourth-order valence-electron chi connectivity index (χ4n) is 1.55. The molecule has 1 aromatic carbocycles. The molecule has 1 nitrogen and oxygen atoms in total. The molecule has 0 atom stereocenters. The van der Waals surface area contributed by atoms with E-state index >= 15 is 0 Å². The van der Waals surface area contributed by atoms with E-state index in [1.165, 1.54) is 18.9 Å². The molecule has 2 rings (SSSR count). The molecule has 3 heteroatoms. The molecule has 1 aromatic rings. The lowest BCUT2D eigenvalue weighted by Gasteiger charge is -2.10. The van der Waals surface area contributed by atoms with Gasteiger partial charge < -0.3 is 5.32 Å². The smallest absolute Gasteiger partial charge is 0.141 e. The van der Waals surface area contributed by atoms with Crippen molar-refractivity contribution >= 4 is 11.6 Å². The molecule has 1 aliphatic rings. The number of benzene rings is 1. The summed E-state index contributed by atoms with van der Waals surface area (Å²) in [5, 5.41) is 3.57. The van der Waals surface area contributed by atoms with Crippen molar-refractivity contribution in [2.24, 2.45) is 5.41 Å². The topological polar surface area (TPSA) is 12.0 Å². The maximum absolute atomic E-state index is 12.9. The summed E-state index contributed by atoms with van der Waals surface area (Å²) in [5.74, 6) is -0.352. The van der Waals surface area contributed by atoms with Crippen molar-refractivity contribution in [1.82, 2.24) is 5.32 Å². The van der Waals surface area contributed by atoms with Crippen LogP contribution in [-0.4, -0.2) is 6.54 Å². The van der Waals surface area contributed by atoms with Crippen LogP contribution < -0.4 is 5.32 Å². The second kappa shape index (κ2) is 4.11. The molecule has 1 fully saturated rings. The largest absolute Gasteiger partial charge is 0.312 e. The summed E-state index contributed by atoms with van der Waals surface area (Å²) in [6, 6.07) is 4.86. The number of nitrogens with one attached hydrogen (secondary N) is 1. The fourth-order valence-corrected chi connectivity index (χ4v) is 1.75. The number of hydrogen-bond donors (Lipinski definition) is 1. The van der Waals surface area contributed by atoms with Gasteiger partial charge in [-0.15, -0.1) is 0 Å². The quantitative estimate of drug-likeness (QED) is 0.832. The third-order valence-corrected chi connectivity index (χ3v) is 3.26. The third kappa shape index (κ3) is 2.93. The minimum Gasteiger partial charge on any atom is -0.312 e. The predicted molar refractivity (Wildman–Crippen MR) is 60.5 cm³/mol. The molecule has 0 spiro atoms. The minimum atomic E-state index is -0.352. The van der Waals surface area contributed by atoms with Gasteiger partial charge >= 0.3 is 0 Å². The van der Waals surface area contributed by atoms with Gasteiger partial charge in [-0.2, -0.15) is 0 Å². The van der Waals surface area contributed by atoms with E-state index < -0.39 is 0 Å². The van der Waals surface area contributed by atoms with Crippen molar-refractivity contribution < 1.29 is 4.39 Å². The first-order chi connectivity index (χ1) is 7.09. The average molecular weight is 228 g/mol. The number of rotatable bonds is 4. The molecule has 0 heterocycles. The van der Waals surface area contributed by atoms with Gasteiger partial charge in [0.25, 0.3) is 0 Å². The molecule has 82 valence electrons. The van der Waals surface area contributed by atoms with Gasteiger partial charge in [0.2, 0.25) is 0 Å². The third-order valence-electron chi connectivity index (χ3n) is 2.97. The maximum Gasteiger partial charge on any atom is 0.141 e. The van der Waals surface area contributed by atoms with E-state index in [4.69, 9.17) is 11.6 Å². The zero-order chi connectivity index (χ0) is 10.9. The van der Waals surface area contributed by atoms with E-state index in [-0.39, 0.29) is 10.8 Å². The van der Waals surface area contributed by atoms with Gasteiger partial charge in [0.15, 0.2) is 0 Å². The number of halogens is 2. The molecular formula is C12H15ClFN. The van der Waals surface area contributed by atoms with Crippen molar-refractivity contribution in [2.75, 3.05) is 6.54 Å². The monoisotopic (exact) mass is 227 g/mol. The Bertz CT molecular complexity index is 361. The Kier molecular flexibility index (Phi) is 2.98. The van der Waals surface area contributed by atoms with Crippen LogP contribution in [0.5, 0.6) is 0 Å². The van der Waals surface area contributed by atoms with Crippen molar-refractivity contribution in [3.05, 3.63) is 34.6 Å². The van der Waals surface area contributed by atoms with E-state index in [9.17, 15) is 4.39 Å². The van der Waals surface area contributed by atoms with E-state index in [0.29, 0.717) is 5.41 Å². The Balaban J connectivity index is 1.85. The van der Waals surface area contributed by atoms with Crippen molar-refractivity contribution in [3.63, 3.8) is 0 Å². The SMILES string of the molecule is CC1(CNCc2ccc(F)c(Cl)c2)CC1. The van der Waals surface area contributed by atoms with Gasteiger partial charge in [-0.05, 0) is 36.0 Å². The van der Waals surface area contributed by atoms with Crippen LogP contribution in [0.1, 0.15) is 25.3 Å². The van der Waals surface area contributed by atoms with Gasteiger partial charge in [-0.25, -0.2) is 4.39 Å². The Labute approximate surface area is 94.6 Å². The zero-order valence-electron chi connectivity index (χ0n) is 8.82. The first-order valence-corrected chi connectivity index (χ1v) is 5.62. The highest BCUT2D eigenvalue weighted by molar-refractivity contribution is 6.30. The van der Waals surface area contributed by atoms with Crippen molar-refractivity contribution in [2.45, 2.75) is 26.3 Å². The molecular weight excluding hydrogens is 213 g/mol. The summed E-state index contributed by atoms with van der Waals surface area (Å²) in [5.41, 5.74) is 1.54. The second-order valence-electron chi connectivity index (χ2n) is 4.66. The predicted octanol–water partition coefficient (Wildman–Crippen LogP) is 3.37. The van der Waals surface area contributed by atoms with Crippen LogP contribution in [0.3, 0.4) is 0 Å². The summed E-state index contributed by atoms with van der Waals surface area (Å²) in [6.45, 7) is 4.06. The molecule has 0 radical (unpaired) electrons. The lowest BCUT2D eigenvalue weighted by Crippen LogP contribution is -2.21. The summed E-state index contributed by atoms with van der Waals surface area (Å²) >= 11 is 5.69. The van der Waals surface area contributed by atoms with Crippen LogP contribution in [0, 0.1) is 11.2 Å². The van der Waals surface area contributed by atoms with Gasteiger partial charge in [-0.1, -0.05) is 24.6 Å². The van der Waals surface area contributed by atoms with Gasteiger partial charge in [0.1, 0.15) is 5.82 Å². The van der Waals surface area contributed by atoms with Crippen LogP contribution in [0.15, 0.2) is 18.2 Å². The van der Waals surface area contributed by atoms with Crippen LogP contribution >= 0.6 is 11.6 Å². The average Bonchev–Trinajstić information content (AvgIpc) is 2.90. The summed E-state index contributed by atoms with van der Waals surface area (Å²) in [4.78, 5) is 0. The highest BCUT2D eigenvalue weighted by Crippen LogP contribution is 2.44. The second-order valence-corrected chi connectivity index (χ2v) is 5.07. The molecule has 1 N–H and O–H groups in total. The lowest BCUT2D eigenvalue weighted by molar-refractivity contribution is 0.499. The molecule has 0 amide bonds. The van der Waals surface area contributed by atoms with E-state index in [2.05, 4.69) is 12.2 Å². The van der Waals surface area contributed by atoms with Crippen LogP contribution in [0.4, 0.5) is 4.39 Å². The summed E-state index contributed by atoms with van der Waals surface area (Å²) in [7, 11) is 0. The van der Waals surface area contributed by atoms with E-state index in [0.717, 1.165) is 18.7 Å². The fraction of sp³-hybridized carbons (Fsp3) is 0.500. The number of hydrogen-bond acceptors (Lipinski definition) is 1. The zero-order valence-corrected chi connectivity index (χ0v) is 9.57. The highest BCUT2D eigenvalue weighted by atomic mass is 35.5. The Morgan fingerprint density at radius 3 is 2.80 bits per heavy atom.